The lowest BCUT2D eigenvalue weighted by Crippen LogP contribution is -2.59. The van der Waals surface area contributed by atoms with Gasteiger partial charge in [0.05, 0.1) is 17.1 Å². The third-order valence-electron chi connectivity index (χ3n) is 8.86. The highest BCUT2D eigenvalue weighted by molar-refractivity contribution is 5.73. The number of carbonyl (C=O) groups is 2. The Morgan fingerprint density at radius 3 is 2.44 bits per heavy atom. The Balaban J connectivity index is 1.81. The molecule has 0 aromatic heterocycles. The van der Waals surface area contributed by atoms with E-state index in [-0.39, 0.29) is 47.6 Å². The van der Waals surface area contributed by atoms with Gasteiger partial charge in [-0.1, -0.05) is 52.3 Å². The second-order valence-electron chi connectivity index (χ2n) is 11.7. The first kappa shape index (κ1) is 23.5. The third-order valence-corrected chi connectivity index (χ3v) is 8.86. The standard InChI is InChI=1S/C26H38O6/c1-14(2)22(28)32-25-11-16(4)26(30)19(21(25)23(25,6)7)9-18(13-31-17(5)27)12-24(29)10-15(3)8-20(24)26/h8-9,14,16,19-21,29-30H,10-13H2,1-7H3/t16-,19+,20-,21-,24-,25+,26-/m1/s1. The van der Waals surface area contributed by atoms with Gasteiger partial charge in [0, 0.05) is 36.5 Å². The summed E-state index contributed by atoms with van der Waals surface area (Å²) in [5.74, 6) is -1.87. The summed E-state index contributed by atoms with van der Waals surface area (Å²) in [6.45, 7) is 13.3. The summed E-state index contributed by atoms with van der Waals surface area (Å²) in [6.07, 6.45) is 5.45. The van der Waals surface area contributed by atoms with Crippen LogP contribution in [0.3, 0.4) is 0 Å². The van der Waals surface area contributed by atoms with Gasteiger partial charge in [-0.15, -0.1) is 0 Å². The molecule has 6 nitrogen and oxygen atoms in total. The van der Waals surface area contributed by atoms with Crippen LogP contribution in [0, 0.1) is 35.0 Å². The van der Waals surface area contributed by atoms with E-state index in [0.29, 0.717) is 19.3 Å². The van der Waals surface area contributed by atoms with Crippen LogP contribution in [-0.2, 0) is 19.1 Å². The van der Waals surface area contributed by atoms with E-state index in [0.717, 1.165) is 11.1 Å². The average molecular weight is 447 g/mol. The van der Waals surface area contributed by atoms with Gasteiger partial charge in [-0.25, -0.2) is 0 Å². The van der Waals surface area contributed by atoms with E-state index in [4.69, 9.17) is 9.47 Å². The first-order valence-corrected chi connectivity index (χ1v) is 11.9. The largest absolute Gasteiger partial charge is 0.461 e. The Morgan fingerprint density at radius 2 is 1.84 bits per heavy atom. The van der Waals surface area contributed by atoms with Gasteiger partial charge in [0.25, 0.3) is 0 Å². The fourth-order valence-electron chi connectivity index (χ4n) is 7.30. The maximum absolute atomic E-state index is 12.7. The van der Waals surface area contributed by atoms with E-state index in [1.54, 1.807) is 0 Å². The van der Waals surface area contributed by atoms with Crippen molar-refractivity contribution in [3.8, 4) is 0 Å². The Morgan fingerprint density at radius 1 is 1.19 bits per heavy atom. The predicted molar refractivity (Wildman–Crippen MR) is 119 cm³/mol. The highest BCUT2D eigenvalue weighted by Crippen LogP contribution is 2.76. The van der Waals surface area contributed by atoms with Gasteiger partial charge < -0.3 is 19.7 Å². The molecule has 0 bridgehead atoms. The van der Waals surface area contributed by atoms with Crippen LogP contribution < -0.4 is 0 Å². The molecule has 0 amide bonds. The topological polar surface area (TPSA) is 93.1 Å². The van der Waals surface area contributed by atoms with Crippen LogP contribution >= 0.6 is 0 Å². The molecule has 2 saturated carbocycles. The fraction of sp³-hybridized carbons (Fsp3) is 0.769. The molecule has 4 rings (SSSR count). The zero-order valence-electron chi connectivity index (χ0n) is 20.4. The van der Waals surface area contributed by atoms with E-state index in [1.807, 2.05) is 39.8 Å². The molecule has 0 aromatic carbocycles. The lowest BCUT2D eigenvalue weighted by molar-refractivity contribution is -0.187. The first-order chi connectivity index (χ1) is 14.7. The number of carbonyl (C=O) groups excluding carboxylic acids is 2. The number of rotatable bonds is 4. The van der Waals surface area contributed by atoms with Crippen LogP contribution in [0.5, 0.6) is 0 Å². The fourth-order valence-corrected chi connectivity index (χ4v) is 7.30. The van der Waals surface area contributed by atoms with Crippen LogP contribution in [0.15, 0.2) is 23.3 Å². The number of hydrogen-bond acceptors (Lipinski definition) is 6. The summed E-state index contributed by atoms with van der Waals surface area (Å²) in [5.41, 5.74) is -1.39. The molecular weight excluding hydrogens is 408 g/mol. The monoisotopic (exact) mass is 446 g/mol. The van der Waals surface area contributed by atoms with Crippen molar-refractivity contribution in [2.24, 2.45) is 35.0 Å². The molecule has 4 aliphatic rings. The van der Waals surface area contributed by atoms with Crippen molar-refractivity contribution in [2.75, 3.05) is 6.61 Å². The lowest BCUT2D eigenvalue weighted by Gasteiger charge is -2.51. The Labute approximate surface area is 191 Å². The maximum atomic E-state index is 12.7. The SMILES string of the molecule is CC(=O)OCC1=C[C@H]2[C@@H]3C(C)(C)[C@]3(OC(=O)C(C)C)C[C@@H](C)[C@]2(O)[C@@H]2C=C(C)C[C@@]2(O)C1. The van der Waals surface area contributed by atoms with Crippen LogP contribution in [-0.4, -0.2) is 45.6 Å². The summed E-state index contributed by atoms with van der Waals surface area (Å²) in [7, 11) is 0. The molecule has 0 aromatic rings. The van der Waals surface area contributed by atoms with Gasteiger partial charge in [-0.3, -0.25) is 9.59 Å². The second-order valence-corrected chi connectivity index (χ2v) is 11.7. The molecule has 0 radical (unpaired) electrons. The summed E-state index contributed by atoms with van der Waals surface area (Å²) < 4.78 is 11.5. The number of esters is 2. The molecule has 2 fully saturated rings. The van der Waals surface area contributed by atoms with Gasteiger partial charge in [0.15, 0.2) is 0 Å². The van der Waals surface area contributed by atoms with E-state index in [2.05, 4.69) is 13.8 Å². The molecule has 4 aliphatic carbocycles. The van der Waals surface area contributed by atoms with E-state index in [9.17, 15) is 19.8 Å². The van der Waals surface area contributed by atoms with Crippen LogP contribution in [0.2, 0.25) is 0 Å². The minimum Gasteiger partial charge on any atom is -0.461 e. The maximum Gasteiger partial charge on any atom is 0.308 e. The van der Waals surface area contributed by atoms with Crippen molar-refractivity contribution >= 4 is 11.9 Å². The molecule has 0 heterocycles. The number of hydrogen-bond donors (Lipinski definition) is 2. The van der Waals surface area contributed by atoms with Crippen molar-refractivity contribution in [3.63, 3.8) is 0 Å². The van der Waals surface area contributed by atoms with Crippen molar-refractivity contribution in [1.29, 1.82) is 0 Å². The molecule has 178 valence electrons. The minimum absolute atomic E-state index is 0.0807. The lowest BCUT2D eigenvalue weighted by atomic mass is 9.60. The zero-order chi connectivity index (χ0) is 23.9. The Kier molecular flexibility index (Phi) is 5.26. The van der Waals surface area contributed by atoms with Crippen LogP contribution in [0.25, 0.3) is 0 Å². The van der Waals surface area contributed by atoms with Gasteiger partial charge in [0.1, 0.15) is 12.2 Å². The minimum atomic E-state index is -1.18. The Bertz CT molecular complexity index is 900. The number of aliphatic hydroxyl groups is 2. The summed E-state index contributed by atoms with van der Waals surface area (Å²) in [6, 6.07) is 0. The molecule has 0 aliphatic heterocycles. The van der Waals surface area contributed by atoms with Crippen molar-refractivity contribution in [2.45, 2.75) is 84.5 Å². The molecule has 0 unspecified atom stereocenters. The van der Waals surface area contributed by atoms with Gasteiger partial charge in [-0.05, 0) is 31.3 Å². The van der Waals surface area contributed by atoms with Gasteiger partial charge in [0.2, 0.25) is 0 Å². The molecule has 0 spiro atoms. The average Bonchev–Trinajstić information content (AvgIpc) is 2.98. The highest BCUT2D eigenvalue weighted by atomic mass is 16.6. The first-order valence-electron chi connectivity index (χ1n) is 11.9. The van der Waals surface area contributed by atoms with Crippen LogP contribution in [0.4, 0.5) is 0 Å². The third kappa shape index (κ3) is 3.12. The van der Waals surface area contributed by atoms with Crippen molar-refractivity contribution in [3.05, 3.63) is 23.3 Å². The number of fused-ring (bicyclic) bond motifs is 5. The Hall–Kier alpha value is -1.66. The normalized spacial score (nSPS) is 43.8. The smallest absolute Gasteiger partial charge is 0.308 e. The highest BCUT2D eigenvalue weighted by Gasteiger charge is 2.82. The zero-order valence-corrected chi connectivity index (χ0v) is 20.4. The van der Waals surface area contributed by atoms with Gasteiger partial charge >= 0.3 is 11.9 Å². The van der Waals surface area contributed by atoms with Crippen molar-refractivity contribution < 1.29 is 29.3 Å². The van der Waals surface area contributed by atoms with Crippen molar-refractivity contribution in [1.82, 2.24) is 0 Å². The quantitative estimate of drug-likeness (QED) is 0.507. The van der Waals surface area contributed by atoms with Crippen LogP contribution in [0.1, 0.15) is 67.7 Å². The molecule has 7 atom stereocenters. The second kappa shape index (κ2) is 7.17. The molecular formula is C26H38O6. The molecule has 6 heteroatoms. The van der Waals surface area contributed by atoms with E-state index in [1.165, 1.54) is 6.92 Å². The summed E-state index contributed by atoms with van der Waals surface area (Å²) in [4.78, 5) is 24.2. The van der Waals surface area contributed by atoms with E-state index < -0.39 is 22.7 Å². The summed E-state index contributed by atoms with van der Waals surface area (Å²) >= 11 is 0. The molecule has 2 N–H and O–H groups in total. The summed E-state index contributed by atoms with van der Waals surface area (Å²) in [5, 5.41) is 24.1. The number of ether oxygens (including phenoxy) is 2. The molecule has 32 heavy (non-hydrogen) atoms. The van der Waals surface area contributed by atoms with Gasteiger partial charge in [-0.2, -0.15) is 0 Å². The predicted octanol–water partition coefficient (Wildman–Crippen LogP) is 3.56. The molecule has 0 saturated heterocycles. The van der Waals surface area contributed by atoms with E-state index >= 15 is 0 Å².